The first-order valence-corrected chi connectivity index (χ1v) is 12.3. The molecule has 2 fully saturated rings. The summed E-state index contributed by atoms with van der Waals surface area (Å²) in [7, 11) is 0. The fraction of sp³-hybridized carbons (Fsp3) is 0.308. The summed E-state index contributed by atoms with van der Waals surface area (Å²) in [5.74, 6) is 0.0947. The molecule has 2 aliphatic heterocycles. The summed E-state index contributed by atoms with van der Waals surface area (Å²) in [6.07, 6.45) is 2.13. The van der Waals surface area contributed by atoms with Gasteiger partial charge in [-0.3, -0.25) is 14.5 Å². The van der Waals surface area contributed by atoms with Crippen molar-refractivity contribution in [1.82, 2.24) is 14.8 Å². The van der Waals surface area contributed by atoms with Gasteiger partial charge in [0.05, 0.1) is 11.6 Å². The lowest BCUT2D eigenvalue weighted by molar-refractivity contribution is -0.117. The van der Waals surface area contributed by atoms with E-state index in [2.05, 4.69) is 16.0 Å². The van der Waals surface area contributed by atoms with Gasteiger partial charge in [0.25, 0.3) is 5.91 Å². The van der Waals surface area contributed by atoms with Gasteiger partial charge < -0.3 is 9.80 Å². The van der Waals surface area contributed by atoms with Crippen molar-refractivity contribution in [3.8, 4) is 17.2 Å². The number of hydrogen-bond donors (Lipinski definition) is 0. The van der Waals surface area contributed by atoms with Gasteiger partial charge in [-0.1, -0.05) is 24.3 Å². The van der Waals surface area contributed by atoms with Gasteiger partial charge in [0.1, 0.15) is 0 Å². The number of anilines is 1. The van der Waals surface area contributed by atoms with E-state index in [4.69, 9.17) is 0 Å². The predicted molar refractivity (Wildman–Crippen MR) is 132 cm³/mol. The van der Waals surface area contributed by atoms with Crippen LogP contribution in [0, 0.1) is 18.3 Å². The number of aryl methyl sites for hydroxylation is 1. The smallest absolute Gasteiger partial charge is 0.282 e. The first-order valence-electron chi connectivity index (χ1n) is 11.4. The van der Waals surface area contributed by atoms with Gasteiger partial charge >= 0.3 is 0 Å². The predicted octanol–water partition coefficient (Wildman–Crippen LogP) is 3.55. The highest BCUT2D eigenvalue weighted by molar-refractivity contribution is 7.11. The molecular formula is C26H25N5O2S. The van der Waals surface area contributed by atoms with Gasteiger partial charge in [0.15, 0.2) is 5.01 Å². The molecule has 7 nitrogen and oxygen atoms in total. The molecule has 3 aromatic rings. The van der Waals surface area contributed by atoms with Gasteiger partial charge in [-0.25, -0.2) is 4.98 Å². The number of nitrogens with zero attached hydrogens (tertiary/aromatic N) is 5. The molecule has 2 amide bonds. The third kappa shape index (κ3) is 4.20. The zero-order chi connectivity index (χ0) is 23.7. The second kappa shape index (κ2) is 9.37. The van der Waals surface area contributed by atoms with Crippen LogP contribution in [0.3, 0.4) is 0 Å². The van der Waals surface area contributed by atoms with Gasteiger partial charge in [-0.2, -0.15) is 5.26 Å². The van der Waals surface area contributed by atoms with Crippen LogP contribution in [0.4, 0.5) is 5.69 Å². The van der Waals surface area contributed by atoms with Crippen LogP contribution >= 0.6 is 11.3 Å². The van der Waals surface area contributed by atoms with E-state index in [1.807, 2.05) is 64.6 Å². The van der Waals surface area contributed by atoms with E-state index in [-0.39, 0.29) is 17.9 Å². The van der Waals surface area contributed by atoms with Crippen LogP contribution in [-0.4, -0.2) is 65.4 Å². The normalized spacial score (nSPS) is 18.8. The molecule has 1 unspecified atom stereocenters. The lowest BCUT2D eigenvalue weighted by atomic mass is 9.95. The number of benzene rings is 2. The third-order valence-corrected chi connectivity index (χ3v) is 7.44. The SMILES string of the molecule is Cc1cccc(C#N)c1-c1cccc(N2CC(N3CCN(C(=O)c4nccs4)CC3)CC2=O)c1. The number of nitriles is 1. The number of rotatable bonds is 4. The summed E-state index contributed by atoms with van der Waals surface area (Å²) in [6.45, 7) is 5.40. The van der Waals surface area contributed by atoms with Crippen molar-refractivity contribution in [2.24, 2.45) is 0 Å². The Morgan fingerprint density at radius 2 is 1.94 bits per heavy atom. The molecule has 1 aromatic heterocycles. The number of amides is 2. The summed E-state index contributed by atoms with van der Waals surface area (Å²) in [5, 5.41) is 11.9. The quantitative estimate of drug-likeness (QED) is 0.581. The maximum absolute atomic E-state index is 13.0. The summed E-state index contributed by atoms with van der Waals surface area (Å²) in [6, 6.07) is 16.0. The largest absolute Gasteiger partial charge is 0.334 e. The molecule has 0 radical (unpaired) electrons. The first kappa shape index (κ1) is 22.3. The molecule has 2 saturated heterocycles. The van der Waals surface area contributed by atoms with Crippen molar-refractivity contribution in [1.29, 1.82) is 5.26 Å². The Balaban J connectivity index is 1.28. The van der Waals surface area contributed by atoms with Crippen molar-refractivity contribution in [3.05, 3.63) is 70.2 Å². The molecule has 0 saturated carbocycles. The Labute approximate surface area is 202 Å². The Morgan fingerprint density at radius 1 is 1.15 bits per heavy atom. The average Bonchev–Trinajstić information content (AvgIpc) is 3.54. The third-order valence-electron chi connectivity index (χ3n) is 6.68. The lowest BCUT2D eigenvalue weighted by Gasteiger charge is -2.37. The molecule has 0 spiro atoms. The highest BCUT2D eigenvalue weighted by atomic mass is 32.1. The maximum Gasteiger partial charge on any atom is 0.282 e. The van der Waals surface area contributed by atoms with Crippen molar-refractivity contribution >= 4 is 28.8 Å². The van der Waals surface area contributed by atoms with E-state index in [0.717, 1.165) is 35.5 Å². The summed E-state index contributed by atoms with van der Waals surface area (Å²) >= 11 is 1.37. The summed E-state index contributed by atoms with van der Waals surface area (Å²) < 4.78 is 0. The minimum atomic E-state index is -0.0106. The maximum atomic E-state index is 13.0. The monoisotopic (exact) mass is 471 g/mol. The molecule has 0 aliphatic carbocycles. The zero-order valence-electron chi connectivity index (χ0n) is 19.0. The summed E-state index contributed by atoms with van der Waals surface area (Å²) in [5.41, 5.74) is 4.38. The van der Waals surface area contributed by atoms with Crippen LogP contribution in [0.2, 0.25) is 0 Å². The van der Waals surface area contributed by atoms with Crippen molar-refractivity contribution < 1.29 is 9.59 Å². The number of carbonyl (C=O) groups excluding carboxylic acids is 2. The molecular weight excluding hydrogens is 446 g/mol. The molecule has 3 heterocycles. The van der Waals surface area contributed by atoms with Gasteiger partial charge in [-0.05, 0) is 36.2 Å². The molecule has 2 aliphatic rings. The van der Waals surface area contributed by atoms with Crippen LogP contribution < -0.4 is 4.90 Å². The topological polar surface area (TPSA) is 80.5 Å². The molecule has 8 heteroatoms. The lowest BCUT2D eigenvalue weighted by Crippen LogP contribution is -2.52. The van der Waals surface area contributed by atoms with Crippen LogP contribution in [-0.2, 0) is 4.79 Å². The molecule has 5 rings (SSSR count). The van der Waals surface area contributed by atoms with Crippen molar-refractivity contribution in [3.63, 3.8) is 0 Å². The van der Waals surface area contributed by atoms with Crippen LogP contribution in [0.5, 0.6) is 0 Å². The fourth-order valence-corrected chi connectivity index (χ4v) is 5.51. The van der Waals surface area contributed by atoms with E-state index in [1.165, 1.54) is 11.3 Å². The number of piperazine rings is 1. The van der Waals surface area contributed by atoms with E-state index < -0.39 is 0 Å². The summed E-state index contributed by atoms with van der Waals surface area (Å²) in [4.78, 5) is 35.7. The molecule has 34 heavy (non-hydrogen) atoms. The number of aromatic nitrogens is 1. The Morgan fingerprint density at radius 3 is 2.68 bits per heavy atom. The van der Waals surface area contributed by atoms with Crippen LogP contribution in [0.25, 0.3) is 11.1 Å². The highest BCUT2D eigenvalue weighted by Gasteiger charge is 2.36. The highest BCUT2D eigenvalue weighted by Crippen LogP contribution is 2.32. The number of hydrogen-bond acceptors (Lipinski definition) is 6. The van der Waals surface area contributed by atoms with E-state index >= 15 is 0 Å². The number of thiazole rings is 1. The van der Waals surface area contributed by atoms with E-state index in [0.29, 0.717) is 36.6 Å². The Kier molecular flexibility index (Phi) is 6.14. The number of carbonyl (C=O) groups is 2. The second-order valence-corrected chi connectivity index (χ2v) is 9.58. The first-order chi connectivity index (χ1) is 16.5. The van der Waals surface area contributed by atoms with E-state index in [9.17, 15) is 14.9 Å². The molecule has 0 N–H and O–H groups in total. The van der Waals surface area contributed by atoms with Gasteiger partial charge in [0, 0.05) is 68.0 Å². The van der Waals surface area contributed by atoms with Crippen molar-refractivity contribution in [2.45, 2.75) is 19.4 Å². The van der Waals surface area contributed by atoms with Gasteiger partial charge in [0.2, 0.25) is 5.91 Å². The standard InChI is InChI=1S/C26H25N5O2S/c1-18-4-2-6-20(16-27)24(18)19-5-3-7-21(14-19)31-17-22(15-23(31)32)29-9-11-30(12-10-29)26(33)25-28-8-13-34-25/h2-8,13-14,22H,9-12,15,17H2,1H3. The Hall–Kier alpha value is -3.54. The molecule has 2 aromatic carbocycles. The van der Waals surface area contributed by atoms with Gasteiger partial charge in [-0.15, -0.1) is 11.3 Å². The average molecular weight is 472 g/mol. The molecule has 172 valence electrons. The minimum Gasteiger partial charge on any atom is -0.334 e. The molecule has 1 atom stereocenters. The minimum absolute atomic E-state index is 0.0106. The zero-order valence-corrected chi connectivity index (χ0v) is 19.8. The Bertz CT molecular complexity index is 1260. The molecule has 0 bridgehead atoms. The van der Waals surface area contributed by atoms with E-state index in [1.54, 1.807) is 6.20 Å². The second-order valence-electron chi connectivity index (χ2n) is 8.69. The van der Waals surface area contributed by atoms with Crippen molar-refractivity contribution in [2.75, 3.05) is 37.6 Å². The fourth-order valence-electron chi connectivity index (χ4n) is 4.91. The van der Waals surface area contributed by atoms with Crippen LogP contribution in [0.1, 0.15) is 27.3 Å². The van der Waals surface area contributed by atoms with Crippen LogP contribution in [0.15, 0.2) is 54.0 Å².